The Balaban J connectivity index is 1.48. The van der Waals surface area contributed by atoms with Crippen molar-refractivity contribution in [3.63, 3.8) is 0 Å². The molecule has 0 amide bonds. The number of hydrogen-bond donors (Lipinski definition) is 3. The molecule has 172 valence electrons. The number of H-pyrrole nitrogens is 2. The van der Waals surface area contributed by atoms with Gasteiger partial charge >= 0.3 is 0 Å². The van der Waals surface area contributed by atoms with E-state index in [1.807, 2.05) is 31.2 Å². The fourth-order valence-corrected chi connectivity index (χ4v) is 4.13. The first-order valence-corrected chi connectivity index (χ1v) is 11.2. The monoisotopic (exact) mass is 465 g/mol. The highest BCUT2D eigenvalue weighted by atomic mass is 19.1. The van der Waals surface area contributed by atoms with Crippen LogP contribution in [0, 0.1) is 5.82 Å². The van der Waals surface area contributed by atoms with Crippen molar-refractivity contribution in [1.82, 2.24) is 45.4 Å². The molecule has 0 bridgehead atoms. The first-order valence-electron chi connectivity index (χ1n) is 11.2. The van der Waals surface area contributed by atoms with Crippen molar-refractivity contribution in [2.45, 2.75) is 13.5 Å². The van der Waals surface area contributed by atoms with E-state index in [2.05, 4.69) is 45.4 Å². The number of aromatic amines is 2. The molecule has 0 aliphatic heterocycles. The van der Waals surface area contributed by atoms with Crippen molar-refractivity contribution in [2.75, 3.05) is 6.54 Å². The molecule has 0 aliphatic carbocycles. The molecular weight excluding hydrogens is 445 g/mol. The second-order valence-corrected chi connectivity index (χ2v) is 8.02. The SMILES string of the molecule is CCNCc1cncc(-c2ncc3[nH]nc(-c4nc5nccc(-c6ccncc6)c5[nH]4)c3c2F)c1. The highest BCUT2D eigenvalue weighted by Gasteiger charge is 2.21. The van der Waals surface area contributed by atoms with Gasteiger partial charge in [-0.2, -0.15) is 5.10 Å². The van der Waals surface area contributed by atoms with Crippen LogP contribution < -0.4 is 5.32 Å². The normalized spacial score (nSPS) is 11.5. The summed E-state index contributed by atoms with van der Waals surface area (Å²) in [6.45, 7) is 3.50. The fraction of sp³-hybridized carbons (Fsp3) is 0.120. The summed E-state index contributed by atoms with van der Waals surface area (Å²) in [4.78, 5) is 25.0. The zero-order valence-corrected chi connectivity index (χ0v) is 18.7. The lowest BCUT2D eigenvalue weighted by Crippen LogP contribution is -2.11. The number of rotatable bonds is 6. The van der Waals surface area contributed by atoms with E-state index < -0.39 is 5.82 Å². The number of hydrogen-bond acceptors (Lipinski definition) is 7. The number of nitrogens with zero attached hydrogens (tertiary/aromatic N) is 6. The molecule has 0 unspecified atom stereocenters. The third kappa shape index (κ3) is 3.69. The standard InChI is InChI=1S/C25H20FN9/c1-2-27-10-14-9-16(12-29-11-14)21-20(26)19-18(13-31-21)34-35-23(19)25-32-22-17(5-8-30-24(22)33-25)15-3-6-28-7-4-15/h3-9,11-13,27H,2,10H2,1H3,(H,34,35)(H,30,32,33). The van der Waals surface area contributed by atoms with Crippen LogP contribution in [0.1, 0.15) is 12.5 Å². The second-order valence-electron chi connectivity index (χ2n) is 8.02. The van der Waals surface area contributed by atoms with Gasteiger partial charge in [-0.05, 0) is 41.9 Å². The summed E-state index contributed by atoms with van der Waals surface area (Å²) in [6, 6.07) is 7.61. The Hall–Kier alpha value is -4.57. The number of pyridine rings is 4. The molecule has 6 heterocycles. The maximum absolute atomic E-state index is 15.9. The van der Waals surface area contributed by atoms with Crippen molar-refractivity contribution < 1.29 is 4.39 Å². The van der Waals surface area contributed by atoms with Gasteiger partial charge in [0.2, 0.25) is 0 Å². The maximum Gasteiger partial charge on any atom is 0.178 e. The fourth-order valence-electron chi connectivity index (χ4n) is 4.13. The highest BCUT2D eigenvalue weighted by molar-refractivity contribution is 5.97. The van der Waals surface area contributed by atoms with Gasteiger partial charge in [-0.1, -0.05) is 6.92 Å². The molecule has 0 aliphatic rings. The molecule has 10 heteroatoms. The molecule has 6 rings (SSSR count). The van der Waals surface area contributed by atoms with Crippen LogP contribution in [0.4, 0.5) is 4.39 Å². The molecule has 0 saturated carbocycles. The van der Waals surface area contributed by atoms with Crippen molar-refractivity contribution in [1.29, 1.82) is 0 Å². The second kappa shape index (κ2) is 8.65. The first-order chi connectivity index (χ1) is 17.2. The molecule has 35 heavy (non-hydrogen) atoms. The van der Waals surface area contributed by atoms with E-state index >= 15 is 4.39 Å². The maximum atomic E-state index is 15.9. The summed E-state index contributed by atoms with van der Waals surface area (Å²) in [5.74, 6) is -0.0771. The quantitative estimate of drug-likeness (QED) is 0.336. The molecule has 0 atom stereocenters. The van der Waals surface area contributed by atoms with Crippen molar-refractivity contribution >= 4 is 22.1 Å². The predicted molar refractivity (Wildman–Crippen MR) is 131 cm³/mol. The minimum absolute atomic E-state index is 0.206. The molecule has 6 aromatic heterocycles. The lowest BCUT2D eigenvalue weighted by atomic mass is 10.1. The number of fused-ring (bicyclic) bond motifs is 2. The van der Waals surface area contributed by atoms with Crippen LogP contribution in [-0.2, 0) is 6.54 Å². The van der Waals surface area contributed by atoms with Crippen LogP contribution >= 0.6 is 0 Å². The first kappa shape index (κ1) is 21.0. The summed E-state index contributed by atoms with van der Waals surface area (Å²) in [5.41, 5.74) is 5.72. The molecule has 0 spiro atoms. The van der Waals surface area contributed by atoms with E-state index in [1.165, 1.54) is 0 Å². The Bertz CT molecular complexity index is 1660. The average molecular weight is 465 g/mol. The smallest absolute Gasteiger partial charge is 0.178 e. The summed E-state index contributed by atoms with van der Waals surface area (Å²) < 4.78 is 15.9. The lowest BCUT2D eigenvalue weighted by Gasteiger charge is -2.07. The van der Waals surface area contributed by atoms with Crippen LogP contribution in [0.15, 0.2) is 61.4 Å². The van der Waals surface area contributed by atoms with Gasteiger partial charge in [0, 0.05) is 48.7 Å². The lowest BCUT2D eigenvalue weighted by molar-refractivity contribution is 0.638. The zero-order valence-electron chi connectivity index (χ0n) is 18.7. The van der Waals surface area contributed by atoms with Crippen LogP contribution in [0.3, 0.4) is 0 Å². The summed E-state index contributed by atoms with van der Waals surface area (Å²) in [7, 11) is 0. The van der Waals surface area contributed by atoms with Crippen LogP contribution in [0.5, 0.6) is 0 Å². The molecule has 3 N–H and O–H groups in total. The summed E-state index contributed by atoms with van der Waals surface area (Å²) >= 11 is 0. The zero-order chi connectivity index (χ0) is 23.8. The van der Waals surface area contributed by atoms with E-state index in [1.54, 1.807) is 37.2 Å². The minimum atomic E-state index is -0.489. The largest absolute Gasteiger partial charge is 0.335 e. The van der Waals surface area contributed by atoms with E-state index in [9.17, 15) is 0 Å². The number of imidazole rings is 1. The van der Waals surface area contributed by atoms with Crippen molar-refractivity contribution in [3.8, 4) is 33.9 Å². The topological polar surface area (TPSA) is 121 Å². The molecule has 6 aromatic rings. The Morgan fingerprint density at radius 3 is 2.69 bits per heavy atom. The predicted octanol–water partition coefficient (Wildman–Crippen LogP) is 4.27. The van der Waals surface area contributed by atoms with Gasteiger partial charge in [-0.3, -0.25) is 20.1 Å². The molecule has 0 saturated heterocycles. The van der Waals surface area contributed by atoms with Gasteiger partial charge in [0.15, 0.2) is 17.3 Å². The Morgan fingerprint density at radius 2 is 1.83 bits per heavy atom. The number of halogens is 1. The number of aromatic nitrogens is 8. The Kier molecular flexibility index (Phi) is 5.19. The minimum Gasteiger partial charge on any atom is -0.335 e. The summed E-state index contributed by atoms with van der Waals surface area (Å²) in [5, 5.41) is 10.8. The van der Waals surface area contributed by atoms with Gasteiger partial charge < -0.3 is 10.3 Å². The van der Waals surface area contributed by atoms with Crippen LogP contribution in [0.25, 0.3) is 56.0 Å². The van der Waals surface area contributed by atoms with Crippen LogP contribution in [-0.4, -0.2) is 46.6 Å². The number of nitrogens with one attached hydrogen (secondary N) is 3. The molecule has 0 radical (unpaired) electrons. The van der Waals surface area contributed by atoms with Gasteiger partial charge in [-0.15, -0.1) is 0 Å². The van der Waals surface area contributed by atoms with E-state index in [-0.39, 0.29) is 5.69 Å². The van der Waals surface area contributed by atoms with Crippen molar-refractivity contribution in [3.05, 3.63) is 72.8 Å². The third-order valence-electron chi connectivity index (χ3n) is 5.80. The van der Waals surface area contributed by atoms with Gasteiger partial charge in [0.1, 0.15) is 11.4 Å². The van der Waals surface area contributed by atoms with Crippen molar-refractivity contribution in [2.24, 2.45) is 0 Å². The Morgan fingerprint density at radius 1 is 0.943 bits per heavy atom. The molecule has 0 fully saturated rings. The van der Waals surface area contributed by atoms with E-state index in [4.69, 9.17) is 0 Å². The molecule has 9 nitrogen and oxygen atoms in total. The molecular formula is C25H20FN9. The molecule has 0 aromatic carbocycles. The summed E-state index contributed by atoms with van der Waals surface area (Å²) in [6.07, 6.45) is 10.1. The van der Waals surface area contributed by atoms with Gasteiger partial charge in [-0.25, -0.2) is 14.4 Å². The van der Waals surface area contributed by atoms with E-state index in [0.29, 0.717) is 40.2 Å². The third-order valence-corrected chi connectivity index (χ3v) is 5.80. The van der Waals surface area contributed by atoms with E-state index in [0.717, 1.165) is 28.8 Å². The van der Waals surface area contributed by atoms with Gasteiger partial charge in [0.05, 0.1) is 22.6 Å². The average Bonchev–Trinajstić information content (AvgIpc) is 3.53. The van der Waals surface area contributed by atoms with Crippen LogP contribution in [0.2, 0.25) is 0 Å². The van der Waals surface area contributed by atoms with Gasteiger partial charge in [0.25, 0.3) is 0 Å². The highest BCUT2D eigenvalue weighted by Crippen LogP contribution is 2.33. The Labute approximate surface area is 198 Å².